The monoisotopic (exact) mass is 420 g/mol. The molecule has 0 aliphatic heterocycles. The summed E-state index contributed by atoms with van der Waals surface area (Å²) in [5, 5.41) is 15.2. The second-order valence-electron chi connectivity index (χ2n) is 9.86. The average molecular weight is 420 g/mol. The second-order valence-corrected chi connectivity index (χ2v) is 9.86. The molecule has 0 unspecified atom stereocenters. The predicted octanol–water partition coefficient (Wildman–Crippen LogP) is 5.93. The van der Waals surface area contributed by atoms with Crippen LogP contribution in [0.5, 0.6) is 0 Å². The number of aliphatic hydroxyl groups is 1. The molecule has 0 radical (unpaired) electrons. The van der Waals surface area contributed by atoms with Gasteiger partial charge >= 0.3 is 7.48 Å². The molecule has 5 aromatic rings. The van der Waals surface area contributed by atoms with Gasteiger partial charge < -0.3 is 14.2 Å². The van der Waals surface area contributed by atoms with Crippen LogP contribution < -0.4 is 5.46 Å². The molecule has 4 heteroatoms. The van der Waals surface area contributed by atoms with Crippen LogP contribution >= 0.6 is 0 Å². The summed E-state index contributed by atoms with van der Waals surface area (Å²) in [5.41, 5.74) is 6.33. The highest BCUT2D eigenvalue weighted by Gasteiger charge is 2.35. The summed E-state index contributed by atoms with van der Waals surface area (Å²) >= 11 is 0. The summed E-state index contributed by atoms with van der Waals surface area (Å²) in [6.45, 7) is 7.39. The molecule has 0 amide bonds. The lowest BCUT2D eigenvalue weighted by atomic mass is 9.82. The van der Waals surface area contributed by atoms with Crippen LogP contribution in [-0.2, 0) is 4.65 Å². The maximum atomic E-state index is 10.4. The summed E-state index contributed by atoms with van der Waals surface area (Å²) in [5.74, 6) is 0. The van der Waals surface area contributed by atoms with Crippen molar-refractivity contribution in [3.63, 3.8) is 0 Å². The zero-order valence-electron chi connectivity index (χ0n) is 18.8. The van der Waals surface area contributed by atoms with Gasteiger partial charge in [0.2, 0.25) is 0 Å². The molecule has 1 heterocycles. The van der Waals surface area contributed by atoms with Gasteiger partial charge in [-0.25, -0.2) is 0 Å². The number of rotatable bonds is 4. The molecule has 6 rings (SSSR count). The predicted molar refractivity (Wildman–Crippen MR) is 134 cm³/mol. The summed E-state index contributed by atoms with van der Waals surface area (Å²) in [6, 6.07) is 23.6. The Kier molecular flexibility index (Phi) is 3.96. The van der Waals surface area contributed by atoms with Crippen molar-refractivity contribution < 1.29 is 14.2 Å². The van der Waals surface area contributed by atoms with Gasteiger partial charge in [0, 0.05) is 10.8 Å². The van der Waals surface area contributed by atoms with E-state index in [-0.39, 0.29) is 0 Å². The maximum Gasteiger partial charge on any atom is 0.309 e. The van der Waals surface area contributed by atoms with Crippen LogP contribution in [0.25, 0.3) is 55.0 Å². The van der Waals surface area contributed by atoms with Crippen LogP contribution in [0.4, 0.5) is 0 Å². The van der Waals surface area contributed by atoms with Gasteiger partial charge in [0.1, 0.15) is 11.2 Å². The normalized spacial score (nSPS) is 13.3. The third-order valence-corrected chi connectivity index (χ3v) is 7.24. The lowest BCUT2D eigenvalue weighted by Crippen LogP contribution is -2.49. The third kappa shape index (κ3) is 2.70. The Labute approximate surface area is 187 Å². The van der Waals surface area contributed by atoms with Crippen LogP contribution in [0.2, 0.25) is 0 Å². The van der Waals surface area contributed by atoms with Crippen molar-refractivity contribution in [3.8, 4) is 22.3 Å². The average Bonchev–Trinajstić information content (AvgIpc) is 3.29. The van der Waals surface area contributed by atoms with Gasteiger partial charge in [-0.05, 0) is 72.9 Å². The van der Waals surface area contributed by atoms with Gasteiger partial charge in [-0.15, -0.1) is 0 Å². The van der Waals surface area contributed by atoms with Crippen LogP contribution in [0, 0.1) is 0 Å². The molecule has 3 nitrogen and oxygen atoms in total. The molecule has 0 spiro atoms. The van der Waals surface area contributed by atoms with E-state index in [0.29, 0.717) is 7.48 Å². The van der Waals surface area contributed by atoms with Gasteiger partial charge in [0.05, 0.1) is 11.2 Å². The summed E-state index contributed by atoms with van der Waals surface area (Å²) in [6.07, 6.45) is 0. The number of fused-ring (bicyclic) bond motifs is 7. The van der Waals surface area contributed by atoms with Crippen molar-refractivity contribution >= 4 is 45.7 Å². The molecule has 1 aliphatic carbocycles. The quantitative estimate of drug-likeness (QED) is 0.360. The van der Waals surface area contributed by atoms with Crippen LogP contribution in [0.15, 0.2) is 71.1 Å². The topological polar surface area (TPSA) is 42.6 Å². The van der Waals surface area contributed by atoms with Crippen LogP contribution in [-0.4, -0.2) is 23.8 Å². The van der Waals surface area contributed by atoms with Gasteiger partial charge in [-0.2, -0.15) is 0 Å². The van der Waals surface area contributed by atoms with Crippen LogP contribution in [0.1, 0.15) is 27.7 Å². The van der Waals surface area contributed by atoms with E-state index >= 15 is 0 Å². The molecule has 0 saturated heterocycles. The van der Waals surface area contributed by atoms with Gasteiger partial charge in [0.15, 0.2) is 0 Å². The van der Waals surface area contributed by atoms with Crippen LogP contribution in [0.3, 0.4) is 0 Å². The van der Waals surface area contributed by atoms with Crippen molar-refractivity contribution in [2.45, 2.75) is 38.9 Å². The van der Waals surface area contributed by atoms with E-state index in [1.165, 1.54) is 33.0 Å². The van der Waals surface area contributed by atoms with E-state index in [1.54, 1.807) is 13.8 Å². The second kappa shape index (κ2) is 6.47. The molecule has 0 fully saturated rings. The summed E-state index contributed by atoms with van der Waals surface area (Å²) in [7, 11) is 0.423. The SMILES string of the molecule is CC(C)(O)C(C)(C)OBc1ccc2oc3cc4c5c(cccc5c3c2c1)-c1ccccc1-4. The first kappa shape index (κ1) is 19.6. The largest absolute Gasteiger partial charge is 0.456 e. The molecular formula is C28H25BO3. The minimum Gasteiger partial charge on any atom is -0.456 e. The Morgan fingerprint density at radius 1 is 0.719 bits per heavy atom. The van der Waals surface area contributed by atoms with E-state index in [9.17, 15) is 5.11 Å². The van der Waals surface area contributed by atoms with Gasteiger partial charge in [-0.3, -0.25) is 0 Å². The number of furan rings is 1. The highest BCUT2D eigenvalue weighted by atomic mass is 16.5. The van der Waals surface area contributed by atoms with E-state index in [2.05, 4.69) is 54.6 Å². The minimum atomic E-state index is -0.938. The lowest BCUT2D eigenvalue weighted by Gasteiger charge is -2.37. The minimum absolute atomic E-state index is 0.423. The van der Waals surface area contributed by atoms with Crippen molar-refractivity contribution in [3.05, 3.63) is 66.7 Å². The summed E-state index contributed by atoms with van der Waals surface area (Å²) in [4.78, 5) is 0. The Bertz CT molecular complexity index is 1540. The molecule has 1 aliphatic rings. The van der Waals surface area contributed by atoms with Gasteiger partial charge in [0.25, 0.3) is 0 Å². The smallest absolute Gasteiger partial charge is 0.309 e. The lowest BCUT2D eigenvalue weighted by molar-refractivity contribution is -0.0893. The summed E-state index contributed by atoms with van der Waals surface area (Å²) < 4.78 is 12.4. The van der Waals surface area contributed by atoms with E-state index < -0.39 is 11.2 Å². The Hall–Kier alpha value is -3.08. The fourth-order valence-corrected chi connectivity index (χ4v) is 4.72. The van der Waals surface area contributed by atoms with E-state index in [0.717, 1.165) is 27.4 Å². The van der Waals surface area contributed by atoms with Gasteiger partial charge in [-0.1, -0.05) is 60.1 Å². The number of hydrogen-bond acceptors (Lipinski definition) is 3. The fourth-order valence-electron chi connectivity index (χ4n) is 4.72. The zero-order valence-corrected chi connectivity index (χ0v) is 18.8. The highest BCUT2D eigenvalue weighted by molar-refractivity contribution is 6.48. The van der Waals surface area contributed by atoms with Crippen molar-refractivity contribution in [2.24, 2.45) is 0 Å². The van der Waals surface area contributed by atoms with Crippen molar-refractivity contribution in [2.75, 3.05) is 0 Å². The Morgan fingerprint density at radius 3 is 2.19 bits per heavy atom. The molecule has 0 saturated carbocycles. The number of benzene rings is 4. The standard InChI is InChI=1S/C28H25BO3/c1-27(2,30)28(3,4)32-29-16-12-13-23-22(14-16)26-20-11-7-10-19-17-8-5-6-9-18(17)21(25(19)20)15-24(26)31-23/h5-15,29-30H,1-4H3. The molecule has 0 bridgehead atoms. The molecule has 158 valence electrons. The Morgan fingerprint density at radius 2 is 1.44 bits per heavy atom. The zero-order chi connectivity index (χ0) is 22.3. The van der Waals surface area contributed by atoms with E-state index in [1.807, 2.05) is 26.0 Å². The Balaban J connectivity index is 1.53. The fraction of sp³-hybridized carbons (Fsp3) is 0.214. The van der Waals surface area contributed by atoms with Crippen molar-refractivity contribution in [1.82, 2.24) is 0 Å². The molecule has 0 atom stereocenters. The molecular weight excluding hydrogens is 395 g/mol. The maximum absolute atomic E-state index is 10.4. The molecule has 1 aromatic heterocycles. The molecule has 1 N–H and O–H groups in total. The highest BCUT2D eigenvalue weighted by Crippen LogP contribution is 2.50. The first-order valence-corrected chi connectivity index (χ1v) is 11.1. The van der Waals surface area contributed by atoms with E-state index in [4.69, 9.17) is 9.07 Å². The first-order valence-electron chi connectivity index (χ1n) is 11.1. The number of hydrogen-bond donors (Lipinski definition) is 1. The first-order chi connectivity index (χ1) is 15.2. The molecule has 32 heavy (non-hydrogen) atoms. The van der Waals surface area contributed by atoms with Crippen molar-refractivity contribution in [1.29, 1.82) is 0 Å². The molecule has 4 aromatic carbocycles. The third-order valence-electron chi connectivity index (χ3n) is 7.24.